The van der Waals surface area contributed by atoms with Gasteiger partial charge in [0.2, 0.25) is 11.7 Å². The van der Waals surface area contributed by atoms with Crippen molar-refractivity contribution in [1.82, 2.24) is 19.3 Å². The summed E-state index contributed by atoms with van der Waals surface area (Å²) in [4.78, 5) is 30.6. The van der Waals surface area contributed by atoms with Crippen molar-refractivity contribution < 1.29 is 4.52 Å². The predicted octanol–water partition coefficient (Wildman–Crippen LogP) is 2.66. The molecule has 0 saturated heterocycles. The Hall–Kier alpha value is -2.67. The number of fused-ring (bicyclic) bond motifs is 1. The second-order valence-corrected chi connectivity index (χ2v) is 7.03. The maximum absolute atomic E-state index is 13.2. The monoisotopic (exact) mass is 386 g/mol. The number of hydrogen-bond donors (Lipinski definition) is 0. The zero-order valence-electron chi connectivity index (χ0n) is 14.9. The Kier molecular flexibility index (Phi) is 4.70. The molecule has 8 heteroatoms. The molecule has 4 rings (SSSR count). The zero-order chi connectivity index (χ0) is 19.0. The summed E-state index contributed by atoms with van der Waals surface area (Å²) in [6.45, 7) is 2.65. The highest BCUT2D eigenvalue weighted by molar-refractivity contribution is 6.30. The van der Waals surface area contributed by atoms with Gasteiger partial charge in [0.15, 0.2) is 0 Å². The summed E-state index contributed by atoms with van der Waals surface area (Å²) in [5.41, 5.74) is 1.21. The van der Waals surface area contributed by atoms with Crippen molar-refractivity contribution in [2.75, 3.05) is 0 Å². The van der Waals surface area contributed by atoms with Crippen LogP contribution in [0.2, 0.25) is 5.02 Å². The summed E-state index contributed by atoms with van der Waals surface area (Å²) in [5.74, 6) is 0.724. The van der Waals surface area contributed by atoms with E-state index >= 15 is 0 Å². The summed E-state index contributed by atoms with van der Waals surface area (Å²) in [6.07, 6.45) is 3.06. The summed E-state index contributed by atoms with van der Waals surface area (Å²) >= 11 is 5.93. The Morgan fingerprint density at radius 3 is 2.67 bits per heavy atom. The van der Waals surface area contributed by atoms with Gasteiger partial charge in [0.1, 0.15) is 5.56 Å². The Morgan fingerprint density at radius 2 is 1.96 bits per heavy atom. The number of hydrogen-bond acceptors (Lipinski definition) is 5. The van der Waals surface area contributed by atoms with E-state index in [9.17, 15) is 9.59 Å². The molecule has 1 aliphatic heterocycles. The maximum atomic E-state index is 13.2. The fourth-order valence-electron chi connectivity index (χ4n) is 3.43. The van der Waals surface area contributed by atoms with Gasteiger partial charge in [-0.2, -0.15) is 4.98 Å². The van der Waals surface area contributed by atoms with Crippen LogP contribution >= 0.6 is 11.6 Å². The lowest BCUT2D eigenvalue weighted by Gasteiger charge is -2.21. The van der Waals surface area contributed by atoms with E-state index < -0.39 is 0 Å². The SMILES string of the molecule is CCc1nc(-c2c3n(c(=O)n(Cc4ccc(Cl)cc4)c2=O)CCCC3)no1. The molecule has 0 unspecified atom stereocenters. The van der Waals surface area contributed by atoms with Crippen LogP contribution in [0, 0.1) is 0 Å². The summed E-state index contributed by atoms with van der Waals surface area (Å²) in [5, 5.41) is 4.59. The molecule has 2 aromatic heterocycles. The van der Waals surface area contributed by atoms with Crippen LogP contribution in [0.3, 0.4) is 0 Å². The molecule has 0 spiro atoms. The Labute approximate surface area is 160 Å². The van der Waals surface area contributed by atoms with Crippen molar-refractivity contribution in [3.05, 3.63) is 67.3 Å². The number of aromatic nitrogens is 4. The number of halogens is 1. The second kappa shape index (κ2) is 7.15. The maximum Gasteiger partial charge on any atom is 0.331 e. The summed E-state index contributed by atoms with van der Waals surface area (Å²) in [6, 6.07) is 7.10. The van der Waals surface area contributed by atoms with Crippen molar-refractivity contribution in [2.45, 2.75) is 45.7 Å². The van der Waals surface area contributed by atoms with E-state index in [1.54, 1.807) is 16.7 Å². The molecule has 3 heterocycles. The molecule has 7 nitrogen and oxygen atoms in total. The van der Waals surface area contributed by atoms with Crippen LogP contribution in [0.15, 0.2) is 38.4 Å². The Balaban J connectivity index is 1.91. The van der Waals surface area contributed by atoms with Crippen LogP contribution in [0.5, 0.6) is 0 Å². The highest BCUT2D eigenvalue weighted by atomic mass is 35.5. The van der Waals surface area contributed by atoms with E-state index in [0.717, 1.165) is 18.4 Å². The Bertz CT molecular complexity index is 1100. The zero-order valence-corrected chi connectivity index (χ0v) is 15.7. The molecule has 27 heavy (non-hydrogen) atoms. The lowest BCUT2D eigenvalue weighted by atomic mass is 10.0. The third kappa shape index (κ3) is 3.23. The van der Waals surface area contributed by atoms with Gasteiger partial charge in [0.05, 0.1) is 6.54 Å². The number of nitrogens with zero attached hydrogens (tertiary/aromatic N) is 4. The van der Waals surface area contributed by atoms with Crippen molar-refractivity contribution in [1.29, 1.82) is 0 Å². The highest BCUT2D eigenvalue weighted by Gasteiger charge is 2.25. The average molecular weight is 387 g/mol. The summed E-state index contributed by atoms with van der Waals surface area (Å²) in [7, 11) is 0. The largest absolute Gasteiger partial charge is 0.339 e. The quantitative estimate of drug-likeness (QED) is 0.688. The standard InChI is InChI=1S/C19H19ClN4O3/c1-2-15-21-17(22-27-15)16-14-5-3-4-10-23(14)19(26)24(18(16)25)11-12-6-8-13(20)9-7-12/h6-9H,2-5,10-11H2,1H3. The minimum Gasteiger partial charge on any atom is -0.339 e. The predicted molar refractivity (Wildman–Crippen MR) is 101 cm³/mol. The van der Waals surface area contributed by atoms with E-state index in [-0.39, 0.29) is 23.6 Å². The van der Waals surface area contributed by atoms with Gasteiger partial charge < -0.3 is 4.52 Å². The molecule has 0 saturated carbocycles. The topological polar surface area (TPSA) is 82.9 Å². The molecule has 3 aromatic rings. The van der Waals surface area contributed by atoms with E-state index in [1.165, 1.54) is 4.57 Å². The number of rotatable bonds is 4. The van der Waals surface area contributed by atoms with Gasteiger partial charge in [-0.05, 0) is 37.0 Å². The van der Waals surface area contributed by atoms with Crippen molar-refractivity contribution in [2.24, 2.45) is 0 Å². The number of benzene rings is 1. The fourth-order valence-corrected chi connectivity index (χ4v) is 3.56. The van der Waals surface area contributed by atoms with Gasteiger partial charge in [-0.3, -0.25) is 13.9 Å². The van der Waals surface area contributed by atoms with Gasteiger partial charge in [0, 0.05) is 23.7 Å². The van der Waals surface area contributed by atoms with Crippen molar-refractivity contribution in [3.63, 3.8) is 0 Å². The van der Waals surface area contributed by atoms with Gasteiger partial charge in [-0.1, -0.05) is 35.8 Å². The van der Waals surface area contributed by atoms with Crippen LogP contribution in [-0.2, 0) is 25.9 Å². The summed E-state index contributed by atoms with van der Waals surface area (Å²) < 4.78 is 8.13. The van der Waals surface area contributed by atoms with E-state index in [4.69, 9.17) is 16.1 Å². The van der Waals surface area contributed by atoms with Crippen LogP contribution < -0.4 is 11.2 Å². The first-order valence-electron chi connectivity index (χ1n) is 9.02. The molecule has 1 aromatic carbocycles. The third-order valence-corrected chi connectivity index (χ3v) is 5.08. The lowest BCUT2D eigenvalue weighted by Crippen LogP contribution is -2.44. The van der Waals surface area contributed by atoms with Gasteiger partial charge in [-0.25, -0.2) is 4.79 Å². The molecule has 140 valence electrons. The van der Waals surface area contributed by atoms with Gasteiger partial charge >= 0.3 is 5.69 Å². The minimum atomic E-state index is -0.383. The molecule has 1 aliphatic rings. The number of aryl methyl sites for hydroxylation is 1. The highest BCUT2D eigenvalue weighted by Crippen LogP contribution is 2.22. The van der Waals surface area contributed by atoms with Crippen molar-refractivity contribution >= 4 is 11.6 Å². The van der Waals surface area contributed by atoms with Crippen LogP contribution in [-0.4, -0.2) is 19.3 Å². The van der Waals surface area contributed by atoms with E-state index in [2.05, 4.69) is 10.1 Å². The molecule has 0 bridgehead atoms. The molecular weight excluding hydrogens is 368 g/mol. The first-order chi connectivity index (χ1) is 13.1. The molecule has 0 amide bonds. The van der Waals surface area contributed by atoms with Gasteiger partial charge in [-0.15, -0.1) is 0 Å². The van der Waals surface area contributed by atoms with Crippen LogP contribution in [0.1, 0.15) is 36.9 Å². The minimum absolute atomic E-state index is 0.167. The van der Waals surface area contributed by atoms with E-state index in [0.29, 0.717) is 41.6 Å². The van der Waals surface area contributed by atoms with Crippen molar-refractivity contribution in [3.8, 4) is 11.4 Å². The van der Waals surface area contributed by atoms with Gasteiger partial charge in [0.25, 0.3) is 5.56 Å². The van der Waals surface area contributed by atoms with E-state index in [1.807, 2.05) is 19.1 Å². The third-order valence-electron chi connectivity index (χ3n) is 4.83. The normalized spacial score (nSPS) is 13.6. The second-order valence-electron chi connectivity index (χ2n) is 6.60. The Morgan fingerprint density at radius 1 is 1.19 bits per heavy atom. The first kappa shape index (κ1) is 17.7. The molecule has 0 radical (unpaired) electrons. The smallest absolute Gasteiger partial charge is 0.331 e. The fraction of sp³-hybridized carbons (Fsp3) is 0.368. The van der Waals surface area contributed by atoms with Crippen LogP contribution in [0.4, 0.5) is 0 Å². The first-order valence-corrected chi connectivity index (χ1v) is 9.40. The lowest BCUT2D eigenvalue weighted by molar-refractivity contribution is 0.382. The average Bonchev–Trinajstić information content (AvgIpc) is 3.15. The molecular formula is C19H19ClN4O3. The van der Waals surface area contributed by atoms with Crippen LogP contribution in [0.25, 0.3) is 11.4 Å². The molecule has 0 fully saturated rings. The molecule has 0 N–H and O–H groups in total. The molecule has 0 aliphatic carbocycles. The molecule has 0 atom stereocenters.